The summed E-state index contributed by atoms with van der Waals surface area (Å²) in [7, 11) is 1.47. The first-order valence-electron chi connectivity index (χ1n) is 5.95. The van der Waals surface area contributed by atoms with Crippen LogP contribution in [0.25, 0.3) is 6.08 Å². The number of hydrogen-bond acceptors (Lipinski definition) is 3. The molecule has 2 aromatic rings. The van der Waals surface area contributed by atoms with Crippen molar-refractivity contribution in [1.82, 2.24) is 0 Å². The van der Waals surface area contributed by atoms with Gasteiger partial charge in [0.25, 0.3) is 0 Å². The maximum Gasteiger partial charge on any atom is 0.189 e. The Morgan fingerprint density at radius 2 is 2.05 bits per heavy atom. The Balaban J connectivity index is 2.20. The van der Waals surface area contributed by atoms with Gasteiger partial charge in [-0.25, -0.2) is 4.39 Å². The van der Waals surface area contributed by atoms with Gasteiger partial charge in [-0.05, 0) is 35.9 Å². The Morgan fingerprint density at radius 1 is 1.25 bits per heavy atom. The maximum absolute atomic E-state index is 13.0. The van der Waals surface area contributed by atoms with Crippen molar-refractivity contribution in [2.75, 3.05) is 7.11 Å². The highest BCUT2D eigenvalue weighted by Crippen LogP contribution is 2.24. The number of phenols is 1. The van der Waals surface area contributed by atoms with Crippen LogP contribution in [-0.2, 0) is 0 Å². The molecule has 102 valence electrons. The fourth-order valence-corrected chi connectivity index (χ4v) is 1.72. The van der Waals surface area contributed by atoms with Gasteiger partial charge < -0.3 is 9.84 Å². The van der Waals surface area contributed by atoms with Gasteiger partial charge in [0.15, 0.2) is 5.78 Å². The second kappa shape index (κ2) is 6.02. The Kier molecular flexibility index (Phi) is 4.15. The van der Waals surface area contributed by atoms with Crippen molar-refractivity contribution in [3.63, 3.8) is 0 Å². The minimum Gasteiger partial charge on any atom is -0.507 e. The molecule has 0 saturated carbocycles. The first-order valence-corrected chi connectivity index (χ1v) is 5.95. The van der Waals surface area contributed by atoms with E-state index in [4.69, 9.17) is 4.74 Å². The van der Waals surface area contributed by atoms with Crippen molar-refractivity contribution in [1.29, 1.82) is 0 Å². The number of ether oxygens (including phenoxy) is 1. The molecule has 2 rings (SSSR count). The van der Waals surface area contributed by atoms with Crippen LogP contribution in [0.1, 0.15) is 15.9 Å². The van der Waals surface area contributed by atoms with Crippen LogP contribution in [-0.4, -0.2) is 18.0 Å². The first-order chi connectivity index (χ1) is 9.60. The zero-order chi connectivity index (χ0) is 14.5. The van der Waals surface area contributed by atoms with E-state index in [2.05, 4.69) is 0 Å². The quantitative estimate of drug-likeness (QED) is 0.685. The topological polar surface area (TPSA) is 46.5 Å². The molecule has 0 spiro atoms. The predicted molar refractivity (Wildman–Crippen MR) is 74.4 cm³/mol. The van der Waals surface area contributed by atoms with E-state index >= 15 is 0 Å². The average Bonchev–Trinajstić information content (AvgIpc) is 2.44. The largest absolute Gasteiger partial charge is 0.507 e. The summed E-state index contributed by atoms with van der Waals surface area (Å²) in [4.78, 5) is 11.9. The molecule has 3 nitrogen and oxygen atoms in total. The van der Waals surface area contributed by atoms with E-state index < -0.39 is 0 Å². The van der Waals surface area contributed by atoms with Gasteiger partial charge in [-0.1, -0.05) is 18.2 Å². The van der Waals surface area contributed by atoms with E-state index in [1.807, 2.05) is 0 Å². The van der Waals surface area contributed by atoms with Crippen LogP contribution in [0.5, 0.6) is 11.5 Å². The summed E-state index contributed by atoms with van der Waals surface area (Å²) in [6.45, 7) is 0. The molecule has 0 heterocycles. The van der Waals surface area contributed by atoms with E-state index in [0.29, 0.717) is 11.3 Å². The molecule has 4 heteroatoms. The highest BCUT2D eigenvalue weighted by Gasteiger charge is 2.09. The first kappa shape index (κ1) is 13.8. The fraction of sp³-hybridized carbons (Fsp3) is 0.0625. The Labute approximate surface area is 115 Å². The summed E-state index contributed by atoms with van der Waals surface area (Å²) in [5.74, 6) is -0.423. The zero-order valence-electron chi connectivity index (χ0n) is 10.8. The number of benzene rings is 2. The minimum atomic E-state index is -0.369. The van der Waals surface area contributed by atoms with Gasteiger partial charge in [-0.2, -0.15) is 0 Å². The molecule has 0 atom stereocenters. The Bertz CT molecular complexity index is 663. The van der Waals surface area contributed by atoms with Gasteiger partial charge in [0.2, 0.25) is 0 Å². The van der Waals surface area contributed by atoms with E-state index in [9.17, 15) is 14.3 Å². The Morgan fingerprint density at radius 3 is 2.70 bits per heavy atom. The second-order valence-electron chi connectivity index (χ2n) is 4.14. The molecular weight excluding hydrogens is 259 g/mol. The number of carbonyl (C=O) groups excluding carboxylic acids is 1. The molecule has 0 aromatic heterocycles. The molecule has 0 bridgehead atoms. The summed E-state index contributed by atoms with van der Waals surface area (Å²) < 4.78 is 17.9. The van der Waals surface area contributed by atoms with Crippen molar-refractivity contribution in [2.24, 2.45) is 0 Å². The summed E-state index contributed by atoms with van der Waals surface area (Å²) in [6, 6.07) is 10.3. The van der Waals surface area contributed by atoms with Gasteiger partial charge in [0.05, 0.1) is 12.7 Å². The number of allylic oxidation sites excluding steroid dienone is 1. The molecule has 0 saturated heterocycles. The number of ketones is 1. The lowest BCUT2D eigenvalue weighted by Gasteiger charge is -2.03. The molecule has 2 aromatic carbocycles. The summed E-state index contributed by atoms with van der Waals surface area (Å²) >= 11 is 0. The summed E-state index contributed by atoms with van der Waals surface area (Å²) in [6.07, 6.45) is 2.78. The second-order valence-corrected chi connectivity index (χ2v) is 4.14. The van der Waals surface area contributed by atoms with Crippen molar-refractivity contribution < 1.29 is 19.0 Å². The molecule has 0 aliphatic carbocycles. The SMILES string of the molecule is COc1ccc(C(=O)/C=C/c2cccc(F)c2)c(O)c1. The Hall–Kier alpha value is -2.62. The number of rotatable bonds is 4. The molecule has 0 fully saturated rings. The molecule has 0 aliphatic rings. The van der Waals surface area contributed by atoms with Crippen molar-refractivity contribution in [2.45, 2.75) is 0 Å². The molecule has 0 unspecified atom stereocenters. The standard InChI is InChI=1S/C16H13FO3/c1-20-13-6-7-14(16(19)10-13)15(18)8-5-11-3-2-4-12(17)9-11/h2-10,19H,1H3/b8-5+. The smallest absolute Gasteiger partial charge is 0.189 e. The number of halogens is 1. The van der Waals surface area contributed by atoms with Crippen molar-refractivity contribution >= 4 is 11.9 Å². The van der Waals surface area contributed by atoms with E-state index in [1.54, 1.807) is 18.2 Å². The van der Waals surface area contributed by atoms with Crippen LogP contribution in [0.2, 0.25) is 0 Å². The van der Waals surface area contributed by atoms with Gasteiger partial charge in [-0.15, -0.1) is 0 Å². The van der Waals surface area contributed by atoms with Crippen LogP contribution in [0, 0.1) is 5.82 Å². The van der Waals surface area contributed by atoms with Crippen molar-refractivity contribution in [3.05, 3.63) is 65.5 Å². The molecule has 0 aliphatic heterocycles. The monoisotopic (exact) mass is 272 g/mol. The van der Waals surface area contributed by atoms with Crippen LogP contribution < -0.4 is 4.74 Å². The number of aromatic hydroxyl groups is 1. The zero-order valence-corrected chi connectivity index (χ0v) is 10.8. The lowest BCUT2D eigenvalue weighted by atomic mass is 10.1. The van der Waals surface area contributed by atoms with E-state index in [1.165, 1.54) is 43.5 Å². The number of carbonyl (C=O) groups is 1. The normalized spacial score (nSPS) is 10.7. The molecule has 0 radical (unpaired) electrons. The summed E-state index contributed by atoms with van der Waals surface area (Å²) in [5, 5.41) is 9.74. The van der Waals surface area contributed by atoms with Crippen LogP contribution in [0.15, 0.2) is 48.5 Å². The molecule has 20 heavy (non-hydrogen) atoms. The number of phenolic OH excluding ortho intramolecular Hbond substituents is 1. The van der Waals surface area contributed by atoms with Crippen molar-refractivity contribution in [3.8, 4) is 11.5 Å². The number of hydrogen-bond donors (Lipinski definition) is 1. The lowest BCUT2D eigenvalue weighted by Crippen LogP contribution is -1.95. The van der Waals surface area contributed by atoms with E-state index in [-0.39, 0.29) is 22.9 Å². The van der Waals surface area contributed by atoms with Gasteiger partial charge in [-0.3, -0.25) is 4.79 Å². The van der Waals surface area contributed by atoms with Gasteiger partial charge in [0.1, 0.15) is 17.3 Å². The lowest BCUT2D eigenvalue weighted by molar-refractivity contribution is 0.104. The summed E-state index contributed by atoms with van der Waals surface area (Å²) in [5.41, 5.74) is 0.741. The highest BCUT2D eigenvalue weighted by atomic mass is 19.1. The van der Waals surface area contributed by atoms with Crippen LogP contribution >= 0.6 is 0 Å². The van der Waals surface area contributed by atoms with Gasteiger partial charge >= 0.3 is 0 Å². The third-order valence-corrected chi connectivity index (χ3v) is 2.75. The third-order valence-electron chi connectivity index (χ3n) is 2.75. The minimum absolute atomic E-state index is 0.154. The number of methoxy groups -OCH3 is 1. The molecular formula is C16H13FO3. The molecule has 1 N–H and O–H groups in total. The van der Waals surface area contributed by atoms with Gasteiger partial charge in [0, 0.05) is 6.07 Å². The fourth-order valence-electron chi connectivity index (χ4n) is 1.72. The average molecular weight is 272 g/mol. The van der Waals surface area contributed by atoms with Crippen LogP contribution in [0.4, 0.5) is 4.39 Å². The maximum atomic E-state index is 13.0. The molecule has 0 amide bonds. The van der Waals surface area contributed by atoms with E-state index in [0.717, 1.165) is 0 Å². The van der Waals surface area contributed by atoms with Crippen LogP contribution in [0.3, 0.4) is 0 Å². The predicted octanol–water partition coefficient (Wildman–Crippen LogP) is 3.44. The highest BCUT2D eigenvalue weighted by molar-refractivity contribution is 6.08. The third kappa shape index (κ3) is 3.23.